The monoisotopic (exact) mass is 93.1 g/mol. The highest BCUT2D eigenvalue weighted by Gasteiger charge is 2.09. The molecule has 1 aliphatic rings. The number of aliphatic imine (C=N–C) groups is 1. The summed E-state index contributed by atoms with van der Waals surface area (Å²) < 4.78 is 0. The third-order valence-electron chi connectivity index (χ3n) is 1.34. The zero-order chi connectivity index (χ0) is 5.28. The number of rotatable bonds is 0. The van der Waals surface area contributed by atoms with Crippen molar-refractivity contribution in [2.75, 3.05) is 6.54 Å². The molecule has 0 aromatic heterocycles. The molecule has 1 rings (SSSR count). The molecule has 1 aliphatic heterocycles. The quantitative estimate of drug-likeness (QED) is 0.393. The molecule has 1 heterocycles. The van der Waals surface area contributed by atoms with Gasteiger partial charge in [0.25, 0.3) is 0 Å². The topological polar surface area (TPSA) is 12.4 Å². The third-order valence-corrected chi connectivity index (χ3v) is 1.34. The van der Waals surface area contributed by atoms with Gasteiger partial charge in [0.05, 0.1) is 7.85 Å². The molecule has 0 spiro atoms. The van der Waals surface area contributed by atoms with Gasteiger partial charge in [-0.05, 0) is 19.2 Å². The predicted molar refractivity (Wildman–Crippen MR) is 32.1 cm³/mol. The van der Waals surface area contributed by atoms with Crippen LogP contribution >= 0.6 is 0 Å². The second-order valence-electron chi connectivity index (χ2n) is 1.92. The van der Waals surface area contributed by atoms with Gasteiger partial charge < -0.3 is 0 Å². The number of nitrogens with zero attached hydrogens (tertiary/aromatic N) is 1. The van der Waals surface area contributed by atoms with Crippen molar-refractivity contribution in [2.45, 2.75) is 19.2 Å². The summed E-state index contributed by atoms with van der Waals surface area (Å²) >= 11 is 0. The van der Waals surface area contributed by atoms with E-state index in [2.05, 4.69) is 4.99 Å². The van der Waals surface area contributed by atoms with E-state index in [0.717, 1.165) is 18.7 Å². The van der Waals surface area contributed by atoms with E-state index in [1.165, 1.54) is 0 Å². The molecule has 1 nitrogen and oxygen atoms in total. The first-order chi connectivity index (χ1) is 3.30. The Labute approximate surface area is 45.2 Å². The standard InChI is InChI=1S/C5H8BN/c1-4-5(6)2-3-7-4/h5H,2-3H2,1H3. The van der Waals surface area contributed by atoms with Crippen molar-refractivity contribution in [1.29, 1.82) is 0 Å². The summed E-state index contributed by atoms with van der Waals surface area (Å²) in [6.07, 6.45) is 1.05. The average Bonchev–Trinajstić information content (AvgIpc) is 1.91. The van der Waals surface area contributed by atoms with Gasteiger partial charge in [-0.1, -0.05) is 0 Å². The summed E-state index contributed by atoms with van der Waals surface area (Å²) in [7, 11) is 5.55. The zero-order valence-electron chi connectivity index (χ0n) is 4.52. The van der Waals surface area contributed by atoms with Crippen LogP contribution in [-0.4, -0.2) is 20.1 Å². The molecule has 36 valence electrons. The van der Waals surface area contributed by atoms with E-state index in [1.807, 2.05) is 6.92 Å². The molecule has 0 saturated heterocycles. The highest BCUT2D eigenvalue weighted by molar-refractivity contribution is 6.25. The third kappa shape index (κ3) is 0.844. The normalized spacial score (nSPS) is 30.4. The molecule has 7 heavy (non-hydrogen) atoms. The van der Waals surface area contributed by atoms with Crippen LogP contribution in [0.25, 0.3) is 0 Å². The zero-order valence-corrected chi connectivity index (χ0v) is 4.52. The van der Waals surface area contributed by atoms with E-state index < -0.39 is 0 Å². The minimum atomic E-state index is 0.264. The molecule has 0 fully saturated rings. The Morgan fingerprint density at radius 1 is 1.86 bits per heavy atom. The van der Waals surface area contributed by atoms with E-state index in [9.17, 15) is 0 Å². The molecule has 0 aliphatic carbocycles. The molecule has 2 radical (unpaired) electrons. The molecule has 0 aromatic rings. The molecule has 0 amide bonds. The van der Waals surface area contributed by atoms with Crippen LogP contribution in [0.3, 0.4) is 0 Å². The first-order valence-corrected chi connectivity index (χ1v) is 2.57. The molecule has 0 saturated carbocycles. The van der Waals surface area contributed by atoms with Gasteiger partial charge in [0.2, 0.25) is 0 Å². The van der Waals surface area contributed by atoms with Crippen LogP contribution in [0.4, 0.5) is 0 Å². The Bertz CT molecular complexity index is 98.3. The maximum atomic E-state index is 5.55. The van der Waals surface area contributed by atoms with Crippen molar-refractivity contribution < 1.29 is 0 Å². The smallest absolute Gasteiger partial charge is 0.0780 e. The fourth-order valence-corrected chi connectivity index (χ4v) is 0.706. The highest BCUT2D eigenvalue weighted by atomic mass is 14.8. The SMILES string of the molecule is [B]C1CCN=C1C. The van der Waals surface area contributed by atoms with Crippen molar-refractivity contribution in [3.63, 3.8) is 0 Å². The Morgan fingerprint density at radius 2 is 2.57 bits per heavy atom. The molecule has 0 bridgehead atoms. The number of hydrogen-bond acceptors (Lipinski definition) is 1. The van der Waals surface area contributed by atoms with Crippen LogP contribution < -0.4 is 0 Å². The minimum Gasteiger partial charge on any atom is -0.295 e. The largest absolute Gasteiger partial charge is 0.295 e. The van der Waals surface area contributed by atoms with Crippen LogP contribution in [-0.2, 0) is 0 Å². The Balaban J connectivity index is 2.54. The van der Waals surface area contributed by atoms with Crippen LogP contribution in [0.2, 0.25) is 5.82 Å². The number of hydrogen-bond donors (Lipinski definition) is 0. The lowest BCUT2D eigenvalue weighted by molar-refractivity contribution is 0.947. The van der Waals surface area contributed by atoms with Crippen molar-refractivity contribution in [3.05, 3.63) is 0 Å². The molecule has 2 heteroatoms. The Hall–Kier alpha value is -0.265. The summed E-state index contributed by atoms with van der Waals surface area (Å²) in [5.74, 6) is 0.264. The summed E-state index contributed by atoms with van der Waals surface area (Å²) in [5, 5.41) is 0. The lowest BCUT2D eigenvalue weighted by atomic mass is 9.83. The summed E-state index contributed by atoms with van der Waals surface area (Å²) in [4.78, 5) is 4.11. The van der Waals surface area contributed by atoms with Gasteiger partial charge in [-0.15, -0.1) is 0 Å². The van der Waals surface area contributed by atoms with Gasteiger partial charge in [0.15, 0.2) is 0 Å². The second kappa shape index (κ2) is 1.69. The summed E-state index contributed by atoms with van der Waals surface area (Å²) in [6, 6.07) is 0. The first kappa shape index (κ1) is 4.88. The van der Waals surface area contributed by atoms with E-state index in [4.69, 9.17) is 7.85 Å². The lowest BCUT2D eigenvalue weighted by Gasteiger charge is -1.96. The molecular weight excluding hydrogens is 84.9 g/mol. The summed E-state index contributed by atoms with van der Waals surface area (Å²) in [6.45, 7) is 2.92. The van der Waals surface area contributed by atoms with Crippen molar-refractivity contribution in [3.8, 4) is 0 Å². The summed E-state index contributed by atoms with van der Waals surface area (Å²) in [5.41, 5.74) is 1.11. The molecule has 0 N–H and O–H groups in total. The second-order valence-corrected chi connectivity index (χ2v) is 1.92. The van der Waals surface area contributed by atoms with Gasteiger partial charge in [0.1, 0.15) is 0 Å². The van der Waals surface area contributed by atoms with Crippen molar-refractivity contribution in [2.24, 2.45) is 4.99 Å². The Morgan fingerprint density at radius 3 is 2.71 bits per heavy atom. The van der Waals surface area contributed by atoms with E-state index >= 15 is 0 Å². The Kier molecular flexibility index (Phi) is 1.18. The lowest BCUT2D eigenvalue weighted by Crippen LogP contribution is -1.95. The van der Waals surface area contributed by atoms with Crippen LogP contribution in [0, 0.1) is 0 Å². The highest BCUT2D eigenvalue weighted by Crippen LogP contribution is 2.14. The predicted octanol–water partition coefficient (Wildman–Crippen LogP) is 0.808. The fourth-order valence-electron chi connectivity index (χ4n) is 0.706. The molecular formula is C5H8BN. The molecule has 1 unspecified atom stereocenters. The van der Waals surface area contributed by atoms with Gasteiger partial charge in [0, 0.05) is 12.3 Å². The van der Waals surface area contributed by atoms with E-state index in [1.54, 1.807) is 0 Å². The molecule has 0 aromatic carbocycles. The van der Waals surface area contributed by atoms with E-state index in [-0.39, 0.29) is 5.82 Å². The molecule has 1 atom stereocenters. The van der Waals surface area contributed by atoms with Gasteiger partial charge in [-0.3, -0.25) is 4.99 Å². The fraction of sp³-hybridized carbons (Fsp3) is 0.800. The van der Waals surface area contributed by atoms with Crippen LogP contribution in [0.5, 0.6) is 0 Å². The maximum absolute atomic E-state index is 5.55. The van der Waals surface area contributed by atoms with E-state index in [0.29, 0.717) is 0 Å². The van der Waals surface area contributed by atoms with Crippen LogP contribution in [0.15, 0.2) is 4.99 Å². The van der Waals surface area contributed by atoms with Gasteiger partial charge >= 0.3 is 0 Å². The van der Waals surface area contributed by atoms with Gasteiger partial charge in [-0.2, -0.15) is 0 Å². The van der Waals surface area contributed by atoms with Gasteiger partial charge in [-0.25, -0.2) is 0 Å². The average molecular weight is 92.9 g/mol. The van der Waals surface area contributed by atoms with Crippen molar-refractivity contribution in [1.82, 2.24) is 0 Å². The van der Waals surface area contributed by atoms with Crippen LogP contribution in [0.1, 0.15) is 13.3 Å². The van der Waals surface area contributed by atoms with Crippen molar-refractivity contribution >= 4 is 13.6 Å². The maximum Gasteiger partial charge on any atom is 0.0780 e. The minimum absolute atomic E-state index is 0.264. The first-order valence-electron chi connectivity index (χ1n) is 2.57.